The van der Waals surface area contributed by atoms with E-state index in [0.29, 0.717) is 0 Å². The molecular formula is C10H13N. The van der Waals surface area contributed by atoms with Crippen molar-refractivity contribution in [1.82, 2.24) is 4.98 Å². The average molecular weight is 147 g/mol. The number of aromatic nitrogens is 1. The first-order valence-electron chi connectivity index (χ1n) is 3.92. The highest BCUT2D eigenvalue weighted by molar-refractivity contribution is 5.50. The molecule has 0 aromatic carbocycles. The maximum absolute atomic E-state index is 4.18. The minimum Gasteiger partial charge on any atom is -0.261 e. The van der Waals surface area contributed by atoms with Gasteiger partial charge < -0.3 is 0 Å². The third-order valence-electron chi connectivity index (χ3n) is 1.58. The Bertz CT molecular complexity index is 251. The molecule has 0 aliphatic carbocycles. The van der Waals surface area contributed by atoms with Crippen molar-refractivity contribution in [3.8, 4) is 0 Å². The summed E-state index contributed by atoms with van der Waals surface area (Å²) >= 11 is 0. The van der Waals surface area contributed by atoms with Crippen LogP contribution in [-0.2, 0) is 0 Å². The lowest BCUT2D eigenvalue weighted by atomic mass is 10.2. The van der Waals surface area contributed by atoms with E-state index in [-0.39, 0.29) is 0 Å². The van der Waals surface area contributed by atoms with Gasteiger partial charge in [0.05, 0.1) is 0 Å². The van der Waals surface area contributed by atoms with Gasteiger partial charge in [-0.15, -0.1) is 0 Å². The van der Waals surface area contributed by atoms with Gasteiger partial charge in [0.1, 0.15) is 0 Å². The van der Waals surface area contributed by atoms with Crippen molar-refractivity contribution >= 4 is 6.08 Å². The van der Waals surface area contributed by atoms with E-state index in [0.717, 1.165) is 12.1 Å². The molecule has 0 spiro atoms. The zero-order valence-electron chi connectivity index (χ0n) is 7.04. The molecule has 0 radical (unpaired) electrons. The van der Waals surface area contributed by atoms with Crippen molar-refractivity contribution in [3.05, 3.63) is 35.7 Å². The van der Waals surface area contributed by atoms with E-state index in [2.05, 4.69) is 30.1 Å². The highest BCUT2D eigenvalue weighted by Gasteiger charge is 1.90. The van der Waals surface area contributed by atoms with Crippen LogP contribution in [0.5, 0.6) is 0 Å². The Morgan fingerprint density at radius 2 is 2.36 bits per heavy atom. The van der Waals surface area contributed by atoms with Gasteiger partial charge in [-0.05, 0) is 25.0 Å². The van der Waals surface area contributed by atoms with E-state index in [4.69, 9.17) is 0 Å². The summed E-state index contributed by atoms with van der Waals surface area (Å²) in [6, 6.07) is 4.04. The average Bonchev–Trinajstić information content (AvgIpc) is 2.03. The molecule has 1 heterocycles. The number of allylic oxidation sites excluding steroid dienone is 1. The Morgan fingerprint density at radius 3 is 3.00 bits per heavy atom. The van der Waals surface area contributed by atoms with Crippen molar-refractivity contribution in [3.63, 3.8) is 0 Å². The zero-order chi connectivity index (χ0) is 8.10. The van der Waals surface area contributed by atoms with E-state index < -0.39 is 0 Å². The molecule has 0 N–H and O–H groups in total. The quantitative estimate of drug-likeness (QED) is 0.626. The van der Waals surface area contributed by atoms with E-state index in [1.54, 1.807) is 0 Å². The second-order valence-corrected chi connectivity index (χ2v) is 2.49. The highest BCUT2D eigenvalue weighted by atomic mass is 14.7. The number of aryl methyl sites for hydroxylation is 1. The molecule has 0 unspecified atom stereocenters. The molecule has 0 aliphatic heterocycles. The molecule has 58 valence electrons. The van der Waals surface area contributed by atoms with Crippen LogP contribution in [-0.4, -0.2) is 4.98 Å². The third kappa shape index (κ3) is 2.19. The van der Waals surface area contributed by atoms with Crippen molar-refractivity contribution in [2.45, 2.75) is 20.3 Å². The van der Waals surface area contributed by atoms with Crippen molar-refractivity contribution < 1.29 is 0 Å². The largest absolute Gasteiger partial charge is 0.261 e. The molecule has 1 heteroatoms. The Kier molecular flexibility index (Phi) is 2.84. The summed E-state index contributed by atoms with van der Waals surface area (Å²) in [5, 5.41) is 0. The molecule has 0 fully saturated rings. The van der Waals surface area contributed by atoms with Crippen LogP contribution in [0.4, 0.5) is 0 Å². The van der Waals surface area contributed by atoms with Gasteiger partial charge in [0.25, 0.3) is 0 Å². The summed E-state index contributed by atoms with van der Waals surface area (Å²) in [7, 11) is 0. The Balaban J connectivity index is 2.86. The third-order valence-corrected chi connectivity index (χ3v) is 1.58. The summed E-state index contributed by atoms with van der Waals surface area (Å²) in [5.74, 6) is 0. The number of nitrogens with zero attached hydrogens (tertiary/aromatic N) is 1. The van der Waals surface area contributed by atoms with Gasteiger partial charge in [-0.2, -0.15) is 0 Å². The summed E-state index contributed by atoms with van der Waals surface area (Å²) < 4.78 is 0. The Hall–Kier alpha value is -1.11. The van der Waals surface area contributed by atoms with Crippen molar-refractivity contribution in [1.29, 1.82) is 0 Å². The second-order valence-electron chi connectivity index (χ2n) is 2.49. The monoisotopic (exact) mass is 147 g/mol. The van der Waals surface area contributed by atoms with Crippen LogP contribution in [0.3, 0.4) is 0 Å². The smallest absolute Gasteiger partial charge is 0.0444 e. The van der Waals surface area contributed by atoms with Gasteiger partial charge in [0.15, 0.2) is 0 Å². The van der Waals surface area contributed by atoms with Crippen molar-refractivity contribution in [2.24, 2.45) is 0 Å². The number of hydrogen-bond donors (Lipinski definition) is 0. The molecule has 0 saturated heterocycles. The highest BCUT2D eigenvalue weighted by Crippen LogP contribution is 2.05. The molecule has 0 aliphatic rings. The van der Waals surface area contributed by atoms with Crippen molar-refractivity contribution in [2.75, 3.05) is 0 Å². The maximum atomic E-state index is 4.18. The number of rotatable bonds is 2. The topological polar surface area (TPSA) is 12.9 Å². The Morgan fingerprint density at radius 1 is 1.55 bits per heavy atom. The van der Waals surface area contributed by atoms with E-state index in [1.165, 1.54) is 5.56 Å². The summed E-state index contributed by atoms with van der Waals surface area (Å²) in [4.78, 5) is 4.18. The summed E-state index contributed by atoms with van der Waals surface area (Å²) in [5.41, 5.74) is 2.31. The van der Waals surface area contributed by atoms with Crippen LogP contribution in [0.15, 0.2) is 24.4 Å². The fourth-order valence-electron chi connectivity index (χ4n) is 0.918. The molecule has 0 amide bonds. The van der Waals surface area contributed by atoms with Crippen LogP contribution in [0, 0.1) is 6.92 Å². The van der Waals surface area contributed by atoms with Gasteiger partial charge in [-0.1, -0.05) is 25.1 Å². The first-order chi connectivity index (χ1) is 5.34. The first kappa shape index (κ1) is 7.99. The van der Waals surface area contributed by atoms with E-state index >= 15 is 0 Å². The molecule has 11 heavy (non-hydrogen) atoms. The number of hydrogen-bond acceptors (Lipinski definition) is 1. The van der Waals surface area contributed by atoms with Crippen LogP contribution >= 0.6 is 0 Å². The van der Waals surface area contributed by atoms with Gasteiger partial charge in [-0.3, -0.25) is 4.98 Å². The molecule has 0 bridgehead atoms. The lowest BCUT2D eigenvalue weighted by molar-refractivity contribution is 1.18. The zero-order valence-corrected chi connectivity index (χ0v) is 7.04. The molecule has 1 rings (SSSR count). The van der Waals surface area contributed by atoms with Gasteiger partial charge in [0.2, 0.25) is 0 Å². The number of pyridine rings is 1. The minimum atomic E-state index is 1.08. The van der Waals surface area contributed by atoms with E-state index in [9.17, 15) is 0 Å². The van der Waals surface area contributed by atoms with Crippen LogP contribution < -0.4 is 0 Å². The first-order valence-corrected chi connectivity index (χ1v) is 3.92. The fourth-order valence-corrected chi connectivity index (χ4v) is 0.918. The van der Waals surface area contributed by atoms with Gasteiger partial charge >= 0.3 is 0 Å². The molecule has 1 nitrogen and oxygen atoms in total. The minimum absolute atomic E-state index is 1.08. The van der Waals surface area contributed by atoms with Gasteiger partial charge in [0, 0.05) is 11.9 Å². The lowest BCUT2D eigenvalue weighted by Crippen LogP contribution is -1.82. The predicted octanol–water partition coefficient (Wildman–Crippen LogP) is 2.81. The SMILES string of the molecule is CC/C=C/c1cccnc1C. The summed E-state index contributed by atoms with van der Waals surface area (Å²) in [6.07, 6.45) is 7.15. The van der Waals surface area contributed by atoms with Crippen LogP contribution in [0.2, 0.25) is 0 Å². The summed E-state index contributed by atoms with van der Waals surface area (Å²) in [6.45, 7) is 4.15. The molecule has 1 aromatic rings. The fraction of sp³-hybridized carbons (Fsp3) is 0.300. The van der Waals surface area contributed by atoms with E-state index in [1.807, 2.05) is 19.2 Å². The second kappa shape index (κ2) is 3.91. The molecule has 1 aromatic heterocycles. The van der Waals surface area contributed by atoms with Crippen LogP contribution in [0.25, 0.3) is 6.08 Å². The maximum Gasteiger partial charge on any atom is 0.0444 e. The molecular weight excluding hydrogens is 134 g/mol. The lowest BCUT2D eigenvalue weighted by Gasteiger charge is -1.95. The van der Waals surface area contributed by atoms with Crippen LogP contribution in [0.1, 0.15) is 24.6 Å². The molecule has 0 saturated carbocycles. The predicted molar refractivity (Wildman–Crippen MR) is 48.3 cm³/mol. The van der Waals surface area contributed by atoms with Gasteiger partial charge in [-0.25, -0.2) is 0 Å². The molecule has 0 atom stereocenters. The standard InChI is InChI=1S/C10H13N/c1-3-4-6-10-7-5-8-11-9(10)2/h4-8H,3H2,1-2H3/b6-4+. The Labute approximate surface area is 67.8 Å². The normalized spacial score (nSPS) is 10.7.